The van der Waals surface area contributed by atoms with E-state index in [1.165, 1.54) is 25.0 Å². The van der Waals surface area contributed by atoms with Crippen molar-refractivity contribution < 1.29 is 9.47 Å². The molecule has 2 aliphatic carbocycles. The van der Waals surface area contributed by atoms with Crippen LogP contribution in [0.25, 0.3) is 0 Å². The average Bonchev–Trinajstić information content (AvgIpc) is 2.75. The second-order valence-electron chi connectivity index (χ2n) is 4.67. The highest BCUT2D eigenvalue weighted by Crippen LogP contribution is 2.52. The van der Waals surface area contributed by atoms with Crippen LogP contribution < -0.4 is 0 Å². The van der Waals surface area contributed by atoms with Crippen molar-refractivity contribution in [2.24, 2.45) is 17.8 Å². The molecular weight excluding hydrogens is 176 g/mol. The van der Waals surface area contributed by atoms with Gasteiger partial charge < -0.3 is 9.47 Å². The molecule has 0 aromatic rings. The van der Waals surface area contributed by atoms with Gasteiger partial charge in [-0.3, -0.25) is 0 Å². The molecule has 0 bridgehead atoms. The van der Waals surface area contributed by atoms with Crippen molar-refractivity contribution in [3.8, 4) is 0 Å². The number of hydrogen-bond acceptors (Lipinski definition) is 2. The Bertz CT molecular complexity index is 259. The predicted octanol–water partition coefficient (Wildman–Crippen LogP) is 2.70. The Balaban J connectivity index is 1.73. The molecule has 0 N–H and O–H groups in total. The molecule has 3 rings (SSSR count). The average molecular weight is 194 g/mol. The summed E-state index contributed by atoms with van der Waals surface area (Å²) in [4.78, 5) is 0. The van der Waals surface area contributed by atoms with E-state index in [4.69, 9.17) is 9.47 Å². The Kier molecular flexibility index (Phi) is 2.05. The van der Waals surface area contributed by atoms with Crippen molar-refractivity contribution in [3.05, 3.63) is 11.8 Å². The van der Waals surface area contributed by atoms with Gasteiger partial charge in [-0.1, -0.05) is 6.42 Å². The van der Waals surface area contributed by atoms with Gasteiger partial charge in [-0.05, 0) is 37.7 Å². The first-order valence-corrected chi connectivity index (χ1v) is 5.88. The summed E-state index contributed by atoms with van der Waals surface area (Å²) in [5.74, 6) is 3.66. The highest BCUT2D eigenvalue weighted by molar-refractivity contribution is 5.18. The van der Waals surface area contributed by atoms with E-state index in [-0.39, 0.29) is 6.29 Å². The van der Waals surface area contributed by atoms with Crippen LogP contribution in [0, 0.1) is 17.8 Å². The topological polar surface area (TPSA) is 18.5 Å². The van der Waals surface area contributed by atoms with Gasteiger partial charge in [0.1, 0.15) is 0 Å². The fraction of sp³-hybridized carbons (Fsp3) is 0.833. The van der Waals surface area contributed by atoms with Crippen molar-refractivity contribution in [2.75, 3.05) is 6.61 Å². The summed E-state index contributed by atoms with van der Waals surface area (Å²) >= 11 is 0. The molecule has 4 atom stereocenters. The summed E-state index contributed by atoms with van der Waals surface area (Å²) in [5.41, 5.74) is 0. The lowest BCUT2D eigenvalue weighted by Crippen LogP contribution is -2.14. The fourth-order valence-electron chi connectivity index (χ4n) is 3.38. The molecule has 0 aromatic heterocycles. The van der Waals surface area contributed by atoms with E-state index >= 15 is 0 Å². The molecular formula is C12H18O2. The minimum Gasteiger partial charge on any atom is -0.469 e. The maximum atomic E-state index is 5.80. The highest BCUT2D eigenvalue weighted by Gasteiger charge is 2.46. The van der Waals surface area contributed by atoms with E-state index in [0.717, 1.165) is 24.9 Å². The van der Waals surface area contributed by atoms with Crippen LogP contribution in [0.1, 0.15) is 32.6 Å². The quantitative estimate of drug-likeness (QED) is 0.673. The molecule has 3 aliphatic rings. The SMILES string of the molecule is CCOC1C[C@H]2C(=C[C@@H]3CCC[C@@H]32)O1. The summed E-state index contributed by atoms with van der Waals surface area (Å²) in [6.45, 7) is 2.79. The van der Waals surface area contributed by atoms with Crippen LogP contribution in [-0.2, 0) is 9.47 Å². The van der Waals surface area contributed by atoms with Gasteiger partial charge in [0.05, 0.1) is 5.76 Å². The van der Waals surface area contributed by atoms with Crippen molar-refractivity contribution in [1.29, 1.82) is 0 Å². The smallest absolute Gasteiger partial charge is 0.200 e. The van der Waals surface area contributed by atoms with Gasteiger partial charge in [0.15, 0.2) is 6.29 Å². The number of hydrogen-bond donors (Lipinski definition) is 0. The van der Waals surface area contributed by atoms with Crippen LogP contribution >= 0.6 is 0 Å². The third kappa shape index (κ3) is 1.20. The van der Waals surface area contributed by atoms with E-state index in [2.05, 4.69) is 6.08 Å². The highest BCUT2D eigenvalue weighted by atomic mass is 16.7. The molecule has 1 unspecified atom stereocenters. The summed E-state index contributed by atoms with van der Waals surface area (Å²) < 4.78 is 11.3. The first kappa shape index (κ1) is 8.78. The van der Waals surface area contributed by atoms with Crippen molar-refractivity contribution in [2.45, 2.75) is 38.9 Å². The van der Waals surface area contributed by atoms with E-state index in [1.807, 2.05) is 6.92 Å². The monoisotopic (exact) mass is 194 g/mol. The van der Waals surface area contributed by atoms with Gasteiger partial charge in [-0.15, -0.1) is 0 Å². The Morgan fingerprint density at radius 3 is 3.29 bits per heavy atom. The minimum atomic E-state index is 0.0535. The maximum absolute atomic E-state index is 5.80. The zero-order valence-electron chi connectivity index (χ0n) is 8.74. The molecule has 0 amide bonds. The number of rotatable bonds is 2. The van der Waals surface area contributed by atoms with Gasteiger partial charge in [0.25, 0.3) is 0 Å². The zero-order valence-corrected chi connectivity index (χ0v) is 8.74. The predicted molar refractivity (Wildman–Crippen MR) is 53.5 cm³/mol. The van der Waals surface area contributed by atoms with Crippen LogP contribution in [0.5, 0.6) is 0 Å². The zero-order chi connectivity index (χ0) is 9.54. The normalized spacial score (nSPS) is 44.5. The molecule has 2 fully saturated rings. The second-order valence-corrected chi connectivity index (χ2v) is 4.67. The van der Waals surface area contributed by atoms with Crippen molar-refractivity contribution in [1.82, 2.24) is 0 Å². The first-order chi connectivity index (χ1) is 6.88. The Hall–Kier alpha value is -0.500. The maximum Gasteiger partial charge on any atom is 0.200 e. The van der Waals surface area contributed by atoms with Crippen LogP contribution in [0.2, 0.25) is 0 Å². The van der Waals surface area contributed by atoms with Crippen LogP contribution in [0.4, 0.5) is 0 Å². The molecule has 78 valence electrons. The lowest BCUT2D eigenvalue weighted by Gasteiger charge is -2.15. The van der Waals surface area contributed by atoms with Gasteiger partial charge in [-0.25, -0.2) is 0 Å². The molecule has 14 heavy (non-hydrogen) atoms. The largest absolute Gasteiger partial charge is 0.469 e. The fourth-order valence-corrected chi connectivity index (χ4v) is 3.38. The molecule has 1 saturated carbocycles. The van der Waals surface area contributed by atoms with Crippen LogP contribution in [-0.4, -0.2) is 12.9 Å². The van der Waals surface area contributed by atoms with Crippen LogP contribution in [0.15, 0.2) is 11.8 Å². The molecule has 1 aliphatic heterocycles. The molecule has 2 nitrogen and oxygen atoms in total. The third-order valence-electron chi connectivity index (χ3n) is 3.95. The van der Waals surface area contributed by atoms with E-state index in [1.54, 1.807) is 0 Å². The number of fused-ring (bicyclic) bond motifs is 3. The summed E-state index contributed by atoms with van der Waals surface area (Å²) in [7, 11) is 0. The Morgan fingerprint density at radius 1 is 1.50 bits per heavy atom. The van der Waals surface area contributed by atoms with Crippen molar-refractivity contribution in [3.63, 3.8) is 0 Å². The second kappa shape index (κ2) is 3.27. The number of ether oxygens (including phenoxy) is 2. The Labute approximate surface area is 85.3 Å². The lowest BCUT2D eigenvalue weighted by molar-refractivity contribution is -0.0896. The number of allylic oxidation sites excluding steroid dienone is 2. The first-order valence-electron chi connectivity index (χ1n) is 5.88. The van der Waals surface area contributed by atoms with Crippen molar-refractivity contribution >= 4 is 0 Å². The summed E-state index contributed by atoms with van der Waals surface area (Å²) in [6.07, 6.45) is 7.72. The minimum absolute atomic E-state index is 0.0535. The third-order valence-corrected chi connectivity index (χ3v) is 3.95. The molecule has 1 heterocycles. The van der Waals surface area contributed by atoms with Gasteiger partial charge in [0, 0.05) is 18.9 Å². The van der Waals surface area contributed by atoms with Crippen LogP contribution in [0.3, 0.4) is 0 Å². The van der Waals surface area contributed by atoms with E-state index < -0.39 is 0 Å². The lowest BCUT2D eigenvalue weighted by atomic mass is 9.89. The van der Waals surface area contributed by atoms with E-state index in [0.29, 0.717) is 5.92 Å². The summed E-state index contributed by atoms with van der Waals surface area (Å²) in [5, 5.41) is 0. The molecule has 1 saturated heterocycles. The molecule has 0 radical (unpaired) electrons. The van der Waals surface area contributed by atoms with Gasteiger partial charge in [-0.2, -0.15) is 0 Å². The molecule has 2 heteroatoms. The van der Waals surface area contributed by atoms with Gasteiger partial charge in [0.2, 0.25) is 0 Å². The standard InChI is InChI=1S/C12H18O2/c1-2-13-12-7-10-9-5-3-4-8(9)6-11(10)14-12/h6,8-10,12H,2-5,7H2,1H3/t8-,9-,10+,12?/m0/s1. The summed E-state index contributed by atoms with van der Waals surface area (Å²) in [6, 6.07) is 0. The Morgan fingerprint density at radius 2 is 2.43 bits per heavy atom. The molecule has 0 spiro atoms. The van der Waals surface area contributed by atoms with E-state index in [9.17, 15) is 0 Å². The molecule has 0 aromatic carbocycles. The van der Waals surface area contributed by atoms with Gasteiger partial charge >= 0.3 is 0 Å².